The van der Waals surface area contributed by atoms with Crippen LogP contribution in [0.1, 0.15) is 11.1 Å². The first-order valence-electron chi connectivity index (χ1n) is 15.4. The summed E-state index contributed by atoms with van der Waals surface area (Å²) >= 11 is 1.87. The first kappa shape index (κ1) is 26.5. The molecule has 0 saturated heterocycles. The molecule has 2 nitrogen and oxygen atoms in total. The van der Waals surface area contributed by atoms with Crippen molar-refractivity contribution >= 4 is 64.7 Å². The molecule has 0 aliphatic carbocycles. The molecule has 7 aromatic carbocycles. The Balaban J connectivity index is 1.24. The summed E-state index contributed by atoms with van der Waals surface area (Å²) in [6, 6.07) is 62.1. The summed E-state index contributed by atoms with van der Waals surface area (Å²) in [4.78, 5) is 5.12. The molecule has 214 valence electrons. The first-order chi connectivity index (χ1) is 22.8. The fraction of sp³-hybridized carbons (Fsp3) is 0. The number of rotatable bonds is 5. The van der Waals surface area contributed by atoms with Crippen LogP contribution in [-0.4, -0.2) is 10.3 Å². The number of nitrogens with zero attached hydrogens (tertiary/aromatic N) is 2. The van der Waals surface area contributed by atoms with Gasteiger partial charge in [0.2, 0.25) is 0 Å². The average molecular weight is 603 g/mol. The summed E-state index contributed by atoms with van der Waals surface area (Å²) in [7, 11) is 0. The van der Waals surface area contributed by atoms with E-state index in [-0.39, 0.29) is 0 Å². The van der Waals surface area contributed by atoms with Crippen molar-refractivity contribution in [3.05, 3.63) is 181 Å². The minimum Gasteiger partial charge on any atom is -0.309 e. The molecule has 3 heteroatoms. The van der Waals surface area contributed by atoms with Crippen LogP contribution in [0.25, 0.3) is 58.8 Å². The summed E-state index contributed by atoms with van der Waals surface area (Å²) in [5.74, 6) is 0. The summed E-state index contributed by atoms with van der Waals surface area (Å²) in [6.45, 7) is 0. The van der Waals surface area contributed by atoms with E-state index >= 15 is 0 Å². The second-order valence-electron chi connectivity index (χ2n) is 11.4. The van der Waals surface area contributed by atoms with Gasteiger partial charge >= 0.3 is 0 Å². The molecule has 0 radical (unpaired) electrons. The van der Waals surface area contributed by atoms with Crippen molar-refractivity contribution in [3.63, 3.8) is 0 Å². The Kier molecular flexibility index (Phi) is 6.26. The Morgan fingerprint density at radius 1 is 0.543 bits per heavy atom. The number of benzene rings is 6. The van der Waals surface area contributed by atoms with Gasteiger partial charge in [-0.25, -0.2) is 4.99 Å². The maximum Gasteiger partial charge on any atom is 0.0865 e. The third-order valence-corrected chi connectivity index (χ3v) is 9.80. The van der Waals surface area contributed by atoms with Crippen molar-refractivity contribution in [2.75, 3.05) is 0 Å². The van der Waals surface area contributed by atoms with Crippen molar-refractivity contribution in [3.8, 4) is 16.8 Å². The van der Waals surface area contributed by atoms with Crippen LogP contribution in [-0.2, 0) is 0 Å². The fourth-order valence-corrected chi connectivity index (χ4v) is 7.63. The van der Waals surface area contributed by atoms with Gasteiger partial charge in [0.15, 0.2) is 0 Å². The second-order valence-corrected chi connectivity index (χ2v) is 12.5. The lowest BCUT2D eigenvalue weighted by atomic mass is 10.0. The Hall–Kier alpha value is -5.95. The SMILES string of the molecule is c1cccc(C(=Nc2ccc(-n3c4ccc(-c5ccccc5)cc4c4cc5sc6ccccc6c5cc43)cc2)c2ccccc2)c#1. The molecule has 0 bridgehead atoms. The standard InChI is InChI=1S/C43H26N2S/c1-4-12-29(13-5-1)32-20-25-39-36(26-32)37-28-42-38(35-18-10-11-19-41(35)46-42)27-40(37)45(39)34-23-21-33(22-24-34)44-43(30-14-6-2-7-15-30)31-16-8-3-9-17-31/h1-8,10-16,18-28H. The maximum absolute atomic E-state index is 5.12. The third-order valence-electron chi connectivity index (χ3n) is 8.67. The highest BCUT2D eigenvalue weighted by atomic mass is 32.1. The molecule has 2 heterocycles. The number of thiophene rings is 1. The van der Waals surface area contributed by atoms with E-state index in [2.05, 4.69) is 138 Å². The quantitative estimate of drug-likeness (QED) is 0.174. The maximum atomic E-state index is 5.12. The van der Waals surface area contributed by atoms with E-state index < -0.39 is 0 Å². The Morgan fingerprint density at radius 3 is 2.11 bits per heavy atom. The largest absolute Gasteiger partial charge is 0.309 e. The van der Waals surface area contributed by atoms with Gasteiger partial charge in [-0.05, 0) is 77.9 Å². The van der Waals surface area contributed by atoms with Crippen molar-refractivity contribution in [2.24, 2.45) is 4.99 Å². The van der Waals surface area contributed by atoms with E-state index in [4.69, 9.17) is 4.99 Å². The molecule has 46 heavy (non-hydrogen) atoms. The van der Waals surface area contributed by atoms with Crippen LogP contribution in [0.15, 0.2) is 163 Å². The third kappa shape index (κ3) is 4.47. The molecule has 0 amide bonds. The number of hydrogen-bond acceptors (Lipinski definition) is 2. The van der Waals surface area contributed by atoms with Crippen molar-refractivity contribution in [2.45, 2.75) is 0 Å². The van der Waals surface area contributed by atoms with Gasteiger partial charge < -0.3 is 4.57 Å². The smallest absolute Gasteiger partial charge is 0.0865 e. The fourth-order valence-electron chi connectivity index (χ4n) is 6.50. The molecule has 0 fully saturated rings. The van der Waals surface area contributed by atoms with Crippen LogP contribution in [0.3, 0.4) is 0 Å². The van der Waals surface area contributed by atoms with Crippen LogP contribution in [0.2, 0.25) is 0 Å². The van der Waals surface area contributed by atoms with Gasteiger partial charge in [0.05, 0.1) is 28.0 Å². The molecule has 0 aliphatic heterocycles. The Bertz CT molecular complexity index is 2500. The molecule has 0 saturated carbocycles. The molecular formula is C43H26N2S. The van der Waals surface area contributed by atoms with Gasteiger partial charge in [0.1, 0.15) is 0 Å². The summed E-state index contributed by atoms with van der Waals surface area (Å²) in [5, 5.41) is 5.11. The highest BCUT2D eigenvalue weighted by molar-refractivity contribution is 7.25. The average Bonchev–Trinajstić information content (AvgIpc) is 3.65. The van der Waals surface area contributed by atoms with Gasteiger partial charge in [0, 0.05) is 42.2 Å². The monoisotopic (exact) mass is 602 g/mol. The molecule has 9 rings (SSSR count). The van der Waals surface area contributed by atoms with Crippen LogP contribution >= 0.6 is 11.3 Å². The van der Waals surface area contributed by atoms with E-state index in [1.165, 1.54) is 53.1 Å². The van der Waals surface area contributed by atoms with Crippen LogP contribution in [0, 0.1) is 12.1 Å². The van der Waals surface area contributed by atoms with Crippen molar-refractivity contribution < 1.29 is 0 Å². The highest BCUT2D eigenvalue weighted by Gasteiger charge is 2.17. The Labute approximate surface area is 271 Å². The van der Waals surface area contributed by atoms with Gasteiger partial charge in [-0.3, -0.25) is 0 Å². The number of aromatic nitrogens is 1. The van der Waals surface area contributed by atoms with E-state index in [9.17, 15) is 0 Å². The molecule has 9 aromatic rings. The molecule has 2 aromatic heterocycles. The lowest BCUT2D eigenvalue weighted by Gasteiger charge is -2.10. The van der Waals surface area contributed by atoms with E-state index in [0.717, 1.165) is 28.2 Å². The number of hydrogen-bond donors (Lipinski definition) is 0. The highest BCUT2D eigenvalue weighted by Crippen LogP contribution is 2.41. The van der Waals surface area contributed by atoms with Crippen LogP contribution < -0.4 is 0 Å². The van der Waals surface area contributed by atoms with Crippen LogP contribution in [0.4, 0.5) is 5.69 Å². The van der Waals surface area contributed by atoms with Crippen molar-refractivity contribution in [1.29, 1.82) is 0 Å². The lowest BCUT2D eigenvalue weighted by molar-refractivity contribution is 1.18. The summed E-state index contributed by atoms with van der Waals surface area (Å²) in [6.07, 6.45) is 0. The minimum absolute atomic E-state index is 0.877. The Morgan fingerprint density at radius 2 is 1.30 bits per heavy atom. The predicted octanol–water partition coefficient (Wildman–Crippen LogP) is 11.6. The summed E-state index contributed by atoms with van der Waals surface area (Å²) < 4.78 is 5.03. The second kappa shape index (κ2) is 10.9. The molecular weight excluding hydrogens is 577 g/mol. The van der Waals surface area contributed by atoms with Gasteiger partial charge in [0.25, 0.3) is 0 Å². The zero-order valence-corrected chi connectivity index (χ0v) is 25.6. The summed E-state index contributed by atoms with van der Waals surface area (Å²) in [5.41, 5.74) is 9.66. The number of aliphatic imine (C=N–C) groups is 1. The zero-order chi connectivity index (χ0) is 30.5. The van der Waals surface area contributed by atoms with Gasteiger partial charge in [-0.1, -0.05) is 103 Å². The topological polar surface area (TPSA) is 17.3 Å². The normalized spacial score (nSPS) is 11.9. The molecule has 0 N–H and O–H groups in total. The van der Waals surface area contributed by atoms with Crippen LogP contribution in [0.5, 0.6) is 0 Å². The molecule has 0 aliphatic rings. The van der Waals surface area contributed by atoms with Gasteiger partial charge in [-0.2, -0.15) is 0 Å². The zero-order valence-electron chi connectivity index (χ0n) is 24.8. The molecule has 0 spiro atoms. The molecule has 0 unspecified atom stereocenters. The van der Waals surface area contributed by atoms with E-state index in [0.29, 0.717) is 0 Å². The van der Waals surface area contributed by atoms with Crippen molar-refractivity contribution in [1.82, 2.24) is 4.57 Å². The minimum atomic E-state index is 0.877. The predicted molar refractivity (Wildman–Crippen MR) is 195 cm³/mol. The molecule has 0 atom stereocenters. The first-order valence-corrected chi connectivity index (χ1v) is 16.2. The number of fused-ring (bicyclic) bond motifs is 6. The van der Waals surface area contributed by atoms with E-state index in [1.807, 2.05) is 47.7 Å². The van der Waals surface area contributed by atoms with E-state index in [1.54, 1.807) is 0 Å². The lowest BCUT2D eigenvalue weighted by Crippen LogP contribution is -2.02. The van der Waals surface area contributed by atoms with Gasteiger partial charge in [-0.15, -0.1) is 11.3 Å².